The number of benzene rings is 1. The molecule has 1 atom stereocenters. The second kappa shape index (κ2) is 9.31. The number of anilines is 1. The molecule has 1 amide bonds. The number of ether oxygens (including phenoxy) is 2. The van der Waals surface area contributed by atoms with Crippen LogP contribution in [0.1, 0.15) is 67.9 Å². The highest BCUT2D eigenvalue weighted by molar-refractivity contribution is 6.30. The van der Waals surface area contributed by atoms with Crippen molar-refractivity contribution >= 4 is 40.1 Å². The molecule has 1 aliphatic heterocycles. The fraction of sp³-hybridized carbons (Fsp3) is 0.417. The number of fused-ring (bicyclic) bond motifs is 1. The van der Waals surface area contributed by atoms with Crippen LogP contribution < -0.4 is 5.32 Å². The van der Waals surface area contributed by atoms with E-state index in [2.05, 4.69) is 15.4 Å². The monoisotopic (exact) mass is 488 g/mol. The lowest BCUT2D eigenvalue weighted by molar-refractivity contribution is -0.0369. The summed E-state index contributed by atoms with van der Waals surface area (Å²) in [6.45, 7) is 7.46. The molecule has 34 heavy (non-hydrogen) atoms. The molecular formula is C24H26ClFN4O4. The molecule has 4 rings (SSSR count). The quantitative estimate of drug-likeness (QED) is 0.368. The third-order valence-electron chi connectivity index (χ3n) is 5.38. The third kappa shape index (κ3) is 4.90. The molecule has 180 valence electrons. The Bertz CT molecular complexity index is 1260. The van der Waals surface area contributed by atoms with E-state index in [-0.39, 0.29) is 27.6 Å². The van der Waals surface area contributed by atoms with Crippen molar-refractivity contribution in [1.29, 1.82) is 0 Å². The Balaban J connectivity index is 1.76. The van der Waals surface area contributed by atoms with Crippen molar-refractivity contribution in [2.45, 2.75) is 58.8 Å². The number of pyridine rings is 1. The zero-order chi connectivity index (χ0) is 24.6. The summed E-state index contributed by atoms with van der Waals surface area (Å²) < 4.78 is 27.4. The molecule has 3 aromatic rings. The highest BCUT2D eigenvalue weighted by Gasteiger charge is 2.27. The molecule has 0 bridgehead atoms. The molecule has 1 saturated heterocycles. The molecule has 0 aliphatic carbocycles. The van der Waals surface area contributed by atoms with Crippen molar-refractivity contribution < 1.29 is 23.5 Å². The number of halogens is 2. The highest BCUT2D eigenvalue weighted by Crippen LogP contribution is 2.32. The van der Waals surface area contributed by atoms with Gasteiger partial charge in [-0.2, -0.15) is 5.10 Å². The van der Waals surface area contributed by atoms with Gasteiger partial charge in [0.15, 0.2) is 6.23 Å². The van der Waals surface area contributed by atoms with Crippen LogP contribution in [0.4, 0.5) is 14.9 Å². The summed E-state index contributed by atoms with van der Waals surface area (Å²) >= 11 is 6.21. The van der Waals surface area contributed by atoms with Crippen molar-refractivity contribution in [3.63, 3.8) is 0 Å². The number of aryl methyl sites for hydroxylation is 1. The molecule has 0 spiro atoms. The fourth-order valence-electron chi connectivity index (χ4n) is 3.86. The molecule has 1 N–H and O–H groups in total. The van der Waals surface area contributed by atoms with E-state index in [1.807, 2.05) is 0 Å². The average molecular weight is 489 g/mol. The second-order valence-corrected chi connectivity index (χ2v) is 9.57. The second-order valence-electron chi connectivity index (χ2n) is 9.22. The SMILES string of the molecule is Cc1cc(NC(=O)OC(C)(C)C)c(C(=O)c2ccc(F)c3c2cnn3C2CCCCO2)nc1Cl. The summed E-state index contributed by atoms with van der Waals surface area (Å²) in [6.07, 6.45) is 2.89. The van der Waals surface area contributed by atoms with Crippen LogP contribution in [0.25, 0.3) is 10.9 Å². The van der Waals surface area contributed by atoms with E-state index in [9.17, 15) is 14.0 Å². The highest BCUT2D eigenvalue weighted by atomic mass is 35.5. The van der Waals surface area contributed by atoms with Crippen molar-refractivity contribution in [2.75, 3.05) is 11.9 Å². The fourth-order valence-corrected chi connectivity index (χ4v) is 4.00. The van der Waals surface area contributed by atoms with E-state index in [0.717, 1.165) is 12.8 Å². The zero-order valence-corrected chi connectivity index (χ0v) is 20.2. The summed E-state index contributed by atoms with van der Waals surface area (Å²) in [4.78, 5) is 30.2. The average Bonchev–Trinajstić information content (AvgIpc) is 3.21. The minimum atomic E-state index is -0.739. The van der Waals surface area contributed by atoms with Gasteiger partial charge in [0.2, 0.25) is 5.78 Å². The maximum absolute atomic E-state index is 14.9. The molecule has 3 heterocycles. The topological polar surface area (TPSA) is 95.3 Å². The van der Waals surface area contributed by atoms with Crippen LogP contribution in [0.2, 0.25) is 5.15 Å². The Morgan fingerprint density at radius 3 is 2.74 bits per heavy atom. The van der Waals surface area contributed by atoms with Crippen LogP contribution in [-0.2, 0) is 9.47 Å². The van der Waals surface area contributed by atoms with Crippen LogP contribution in [0, 0.1) is 12.7 Å². The first-order chi connectivity index (χ1) is 16.0. The number of carbonyl (C=O) groups is 2. The number of nitrogens with one attached hydrogen (secondary N) is 1. The zero-order valence-electron chi connectivity index (χ0n) is 19.4. The minimum Gasteiger partial charge on any atom is -0.444 e. The Morgan fingerprint density at radius 1 is 1.29 bits per heavy atom. The smallest absolute Gasteiger partial charge is 0.412 e. The molecule has 10 heteroatoms. The molecule has 0 radical (unpaired) electrons. The van der Waals surface area contributed by atoms with Gasteiger partial charge >= 0.3 is 6.09 Å². The van der Waals surface area contributed by atoms with Crippen LogP contribution in [0.15, 0.2) is 24.4 Å². The summed E-state index contributed by atoms with van der Waals surface area (Å²) in [5.41, 5.74) is 0.242. The van der Waals surface area contributed by atoms with E-state index < -0.39 is 29.5 Å². The van der Waals surface area contributed by atoms with Gasteiger partial charge in [-0.25, -0.2) is 18.9 Å². The van der Waals surface area contributed by atoms with Gasteiger partial charge in [-0.1, -0.05) is 11.6 Å². The first-order valence-electron chi connectivity index (χ1n) is 11.0. The maximum atomic E-state index is 14.9. The predicted octanol–water partition coefficient (Wildman–Crippen LogP) is 5.81. The lowest BCUT2D eigenvalue weighted by Gasteiger charge is -2.23. The largest absolute Gasteiger partial charge is 0.444 e. The number of rotatable bonds is 4. The normalized spacial score (nSPS) is 16.5. The number of carbonyl (C=O) groups excluding carboxylic acids is 2. The van der Waals surface area contributed by atoms with Crippen molar-refractivity contribution in [1.82, 2.24) is 14.8 Å². The predicted molar refractivity (Wildman–Crippen MR) is 126 cm³/mol. The Morgan fingerprint density at radius 2 is 2.06 bits per heavy atom. The Hall–Kier alpha value is -3.04. The van der Waals surface area contributed by atoms with Gasteiger partial charge < -0.3 is 9.47 Å². The van der Waals surface area contributed by atoms with E-state index >= 15 is 0 Å². The maximum Gasteiger partial charge on any atom is 0.412 e. The van der Waals surface area contributed by atoms with E-state index in [4.69, 9.17) is 21.1 Å². The number of nitrogens with zero attached hydrogens (tertiary/aromatic N) is 3. The summed E-state index contributed by atoms with van der Waals surface area (Å²) in [5, 5.41) is 7.34. The summed E-state index contributed by atoms with van der Waals surface area (Å²) in [5.74, 6) is -1.05. The van der Waals surface area contributed by atoms with Crippen LogP contribution >= 0.6 is 11.6 Å². The molecule has 0 saturated carbocycles. The number of amides is 1. The van der Waals surface area contributed by atoms with Gasteiger partial charge in [-0.3, -0.25) is 10.1 Å². The first-order valence-corrected chi connectivity index (χ1v) is 11.4. The molecule has 1 unspecified atom stereocenters. The number of hydrogen-bond donors (Lipinski definition) is 1. The Labute approximate surface area is 201 Å². The van der Waals surface area contributed by atoms with Gasteiger partial charge in [0, 0.05) is 17.6 Å². The van der Waals surface area contributed by atoms with Gasteiger partial charge in [-0.05, 0) is 70.7 Å². The van der Waals surface area contributed by atoms with Crippen LogP contribution in [-0.4, -0.2) is 38.8 Å². The molecule has 2 aromatic heterocycles. The van der Waals surface area contributed by atoms with Gasteiger partial charge in [0.25, 0.3) is 0 Å². The van der Waals surface area contributed by atoms with Gasteiger partial charge in [0.05, 0.1) is 11.9 Å². The lowest BCUT2D eigenvalue weighted by Crippen LogP contribution is -2.28. The lowest BCUT2D eigenvalue weighted by atomic mass is 10.0. The van der Waals surface area contributed by atoms with Gasteiger partial charge in [0.1, 0.15) is 27.8 Å². The standard InChI is InChI=1S/C24H26ClFN4O4/c1-13-11-17(28-23(32)34-24(2,3)4)19(29-22(13)25)21(31)14-8-9-16(26)20-15(14)12-27-30(20)18-7-5-6-10-33-18/h8-9,11-12,18H,5-7,10H2,1-4H3,(H,28,32). The molecule has 1 aliphatic rings. The van der Waals surface area contributed by atoms with E-state index in [1.165, 1.54) is 23.0 Å². The van der Waals surface area contributed by atoms with Crippen molar-refractivity contribution in [2.24, 2.45) is 0 Å². The minimum absolute atomic E-state index is 0.0870. The van der Waals surface area contributed by atoms with E-state index in [0.29, 0.717) is 24.0 Å². The number of hydrogen-bond acceptors (Lipinski definition) is 6. The van der Waals surface area contributed by atoms with Crippen molar-refractivity contribution in [3.8, 4) is 0 Å². The van der Waals surface area contributed by atoms with Gasteiger partial charge in [-0.15, -0.1) is 0 Å². The number of aromatic nitrogens is 3. The summed E-state index contributed by atoms with van der Waals surface area (Å²) in [7, 11) is 0. The van der Waals surface area contributed by atoms with E-state index in [1.54, 1.807) is 33.8 Å². The van der Waals surface area contributed by atoms with Crippen molar-refractivity contribution in [3.05, 3.63) is 52.2 Å². The van der Waals surface area contributed by atoms with Crippen LogP contribution in [0.5, 0.6) is 0 Å². The Kier molecular flexibility index (Phi) is 6.60. The first kappa shape index (κ1) is 24.1. The van der Waals surface area contributed by atoms with Crippen LogP contribution in [0.3, 0.4) is 0 Å². The molecule has 8 nitrogen and oxygen atoms in total. The molecular weight excluding hydrogens is 463 g/mol. The number of ketones is 1. The molecule has 1 aromatic carbocycles. The summed E-state index contributed by atoms with van der Waals surface area (Å²) in [6, 6.07) is 4.14. The third-order valence-corrected chi connectivity index (χ3v) is 5.77. The molecule has 1 fully saturated rings.